The van der Waals surface area contributed by atoms with E-state index in [4.69, 9.17) is 23.2 Å². The van der Waals surface area contributed by atoms with Gasteiger partial charge in [-0.2, -0.15) is 0 Å². The molecule has 0 saturated carbocycles. The van der Waals surface area contributed by atoms with Gasteiger partial charge in [0, 0.05) is 5.02 Å². The average Bonchev–Trinajstić information content (AvgIpc) is 2.71. The van der Waals surface area contributed by atoms with Gasteiger partial charge >= 0.3 is 0 Å². The van der Waals surface area contributed by atoms with E-state index in [0.29, 0.717) is 15.7 Å². The topological polar surface area (TPSA) is 38.0 Å². The molecule has 28 heavy (non-hydrogen) atoms. The van der Waals surface area contributed by atoms with Crippen molar-refractivity contribution in [1.82, 2.24) is 0 Å². The summed E-state index contributed by atoms with van der Waals surface area (Å²) < 4.78 is 0. The molecule has 3 rings (SSSR count). The first-order chi connectivity index (χ1) is 13.5. The van der Waals surface area contributed by atoms with E-state index in [9.17, 15) is 4.79 Å². The lowest BCUT2D eigenvalue weighted by Gasteiger charge is -2.32. The molecule has 1 atom stereocenters. The molecule has 0 unspecified atom stereocenters. The fourth-order valence-electron chi connectivity index (χ4n) is 3.51. The van der Waals surface area contributed by atoms with E-state index < -0.39 is 0 Å². The zero-order valence-electron chi connectivity index (χ0n) is 16.1. The molecule has 0 aliphatic carbocycles. The number of carbonyl (C=O) groups excluding carboxylic acids is 1. The van der Waals surface area contributed by atoms with Crippen LogP contribution in [0.25, 0.3) is 6.08 Å². The smallest absolute Gasteiger partial charge is 0.282 e. The first-order valence-corrected chi connectivity index (χ1v) is 10.4. The van der Waals surface area contributed by atoms with Crippen LogP contribution >= 0.6 is 23.2 Å². The number of nitrogens with one attached hydrogen (secondary N) is 3. The number of hydrogen-bond acceptors (Lipinski definition) is 1. The molecule has 0 aromatic heterocycles. The van der Waals surface area contributed by atoms with Crippen molar-refractivity contribution < 1.29 is 14.6 Å². The first-order valence-electron chi connectivity index (χ1n) is 9.68. The van der Waals surface area contributed by atoms with E-state index in [2.05, 4.69) is 41.7 Å². The Morgan fingerprint density at radius 2 is 1.82 bits per heavy atom. The zero-order chi connectivity index (χ0) is 19.9. The van der Waals surface area contributed by atoms with Gasteiger partial charge in [-0.3, -0.25) is 4.79 Å². The summed E-state index contributed by atoms with van der Waals surface area (Å²) in [6, 6.07) is 15.3. The van der Waals surface area contributed by atoms with Crippen LogP contribution in [0.15, 0.2) is 54.6 Å². The molecule has 0 radical (unpaired) electrons. The maximum absolute atomic E-state index is 12.6. The van der Waals surface area contributed by atoms with Gasteiger partial charge in [-0.1, -0.05) is 59.6 Å². The monoisotopic (exact) mass is 419 g/mol. The van der Waals surface area contributed by atoms with E-state index in [1.54, 1.807) is 23.1 Å². The highest BCUT2D eigenvalue weighted by Crippen LogP contribution is 2.25. The zero-order valence-corrected chi connectivity index (χ0v) is 17.6. The number of hydrogen-bond donors (Lipinski definition) is 3. The van der Waals surface area contributed by atoms with Gasteiger partial charge in [-0.25, -0.2) is 0 Å². The van der Waals surface area contributed by atoms with E-state index >= 15 is 0 Å². The van der Waals surface area contributed by atoms with Crippen LogP contribution < -0.4 is 15.1 Å². The molecule has 6 heteroatoms. The molecule has 2 aromatic rings. The second kappa shape index (κ2) is 10.1. The van der Waals surface area contributed by atoms with Crippen molar-refractivity contribution in [2.45, 2.75) is 13.0 Å². The van der Waals surface area contributed by atoms with Crippen molar-refractivity contribution in [1.29, 1.82) is 0 Å². The second-order valence-electron chi connectivity index (χ2n) is 7.26. The van der Waals surface area contributed by atoms with E-state index in [1.807, 2.05) is 13.0 Å². The molecule has 0 spiro atoms. The van der Waals surface area contributed by atoms with Crippen molar-refractivity contribution in [2.24, 2.45) is 0 Å². The third-order valence-electron chi connectivity index (χ3n) is 5.31. The third-order valence-corrected chi connectivity index (χ3v) is 5.87. The van der Waals surface area contributed by atoms with Gasteiger partial charge in [-0.05, 0) is 36.8 Å². The molecule has 1 heterocycles. The van der Waals surface area contributed by atoms with Crippen molar-refractivity contribution in [3.05, 3.63) is 70.2 Å². The highest BCUT2D eigenvalue weighted by Gasteiger charge is 2.30. The predicted octanol–water partition coefficient (Wildman–Crippen LogP) is 1.82. The number of piperazine rings is 1. The number of rotatable bonds is 6. The van der Waals surface area contributed by atoms with Crippen LogP contribution in [0.4, 0.5) is 5.69 Å². The molecule has 0 bridgehead atoms. The van der Waals surface area contributed by atoms with Crippen molar-refractivity contribution in [3.63, 3.8) is 0 Å². The van der Waals surface area contributed by atoms with Crippen LogP contribution in [-0.4, -0.2) is 44.7 Å². The highest BCUT2D eigenvalue weighted by atomic mass is 35.5. The number of carbonyl (C=O) groups is 1. The van der Waals surface area contributed by atoms with Crippen LogP contribution in [-0.2, 0) is 4.79 Å². The molecule has 148 valence electrons. The molecule has 1 saturated heterocycles. The number of quaternary nitrogens is 2. The maximum Gasteiger partial charge on any atom is 0.282 e. The van der Waals surface area contributed by atoms with Gasteiger partial charge in [0.15, 0.2) is 6.04 Å². The highest BCUT2D eigenvalue weighted by molar-refractivity contribution is 6.35. The maximum atomic E-state index is 12.6. The number of amides is 1. The Kier molecular flexibility index (Phi) is 7.51. The SMILES string of the molecule is C[C@H](C(=O)Nc1cc(Cl)ccc1Cl)[NH+]1CC[NH+](C/C=C/c2ccccc2)CC1. The van der Waals surface area contributed by atoms with Crippen LogP contribution in [0.2, 0.25) is 10.0 Å². The summed E-state index contributed by atoms with van der Waals surface area (Å²) in [5, 5.41) is 3.97. The Morgan fingerprint density at radius 1 is 1.11 bits per heavy atom. The van der Waals surface area contributed by atoms with E-state index in [1.165, 1.54) is 10.5 Å². The Morgan fingerprint density at radius 3 is 2.54 bits per heavy atom. The lowest BCUT2D eigenvalue weighted by Crippen LogP contribution is -3.29. The van der Waals surface area contributed by atoms with Gasteiger partial charge in [0.1, 0.15) is 26.2 Å². The molecule has 1 amide bonds. The third kappa shape index (κ3) is 5.82. The lowest BCUT2D eigenvalue weighted by atomic mass is 10.2. The summed E-state index contributed by atoms with van der Waals surface area (Å²) in [5.41, 5.74) is 1.80. The normalized spacial score (nSPS) is 20.8. The summed E-state index contributed by atoms with van der Waals surface area (Å²) in [5.74, 6) is -0.0217. The minimum atomic E-state index is -0.128. The second-order valence-corrected chi connectivity index (χ2v) is 8.10. The lowest BCUT2D eigenvalue weighted by molar-refractivity contribution is -1.02. The fourth-order valence-corrected chi connectivity index (χ4v) is 3.84. The summed E-state index contributed by atoms with van der Waals surface area (Å²) in [7, 11) is 0. The Hall–Kier alpha value is -1.85. The van der Waals surface area contributed by atoms with Gasteiger partial charge in [0.25, 0.3) is 5.91 Å². The Bertz CT molecular complexity index is 818. The van der Waals surface area contributed by atoms with Crippen LogP contribution in [0.5, 0.6) is 0 Å². The number of benzene rings is 2. The van der Waals surface area contributed by atoms with Gasteiger partial charge < -0.3 is 15.1 Å². The minimum absolute atomic E-state index is 0.0217. The summed E-state index contributed by atoms with van der Waals surface area (Å²) in [4.78, 5) is 15.5. The number of halogens is 2. The first kappa shape index (κ1) is 20.9. The fraction of sp³-hybridized carbons (Fsp3) is 0.318. The summed E-state index contributed by atoms with van der Waals surface area (Å²) in [6.07, 6.45) is 4.42. The van der Waals surface area contributed by atoms with Gasteiger partial charge in [0.2, 0.25) is 0 Å². The molecule has 4 nitrogen and oxygen atoms in total. The van der Waals surface area contributed by atoms with Crippen LogP contribution in [0.1, 0.15) is 12.5 Å². The van der Waals surface area contributed by atoms with E-state index in [-0.39, 0.29) is 11.9 Å². The quantitative estimate of drug-likeness (QED) is 0.656. The van der Waals surface area contributed by atoms with Crippen LogP contribution in [0.3, 0.4) is 0 Å². The predicted molar refractivity (Wildman–Crippen MR) is 116 cm³/mol. The summed E-state index contributed by atoms with van der Waals surface area (Å²) in [6.45, 7) is 7.07. The minimum Gasteiger partial charge on any atom is -0.322 e. The Labute approximate surface area is 176 Å². The molecule has 1 aliphatic rings. The Balaban J connectivity index is 1.46. The largest absolute Gasteiger partial charge is 0.322 e. The molecular formula is C22H27Cl2N3O+2. The molecule has 3 N–H and O–H groups in total. The van der Waals surface area contributed by atoms with Crippen LogP contribution in [0, 0.1) is 0 Å². The number of anilines is 1. The van der Waals surface area contributed by atoms with Gasteiger partial charge in [-0.15, -0.1) is 0 Å². The molecule has 1 aliphatic heterocycles. The van der Waals surface area contributed by atoms with Gasteiger partial charge in [0.05, 0.1) is 17.3 Å². The van der Waals surface area contributed by atoms with Crippen molar-refractivity contribution in [3.8, 4) is 0 Å². The standard InChI is InChI=1S/C22H25Cl2N3O/c1-17(22(28)25-21-16-19(23)9-10-20(21)24)27-14-12-26(13-15-27)11-5-8-18-6-3-2-4-7-18/h2-10,16-17H,11-15H2,1H3,(H,25,28)/p+2/b8-5+/t17-/m1/s1. The summed E-state index contributed by atoms with van der Waals surface area (Å²) >= 11 is 12.2. The van der Waals surface area contributed by atoms with Crippen molar-refractivity contribution >= 4 is 40.9 Å². The van der Waals surface area contributed by atoms with E-state index in [0.717, 1.165) is 32.7 Å². The molecule has 1 fully saturated rings. The molecular weight excluding hydrogens is 393 g/mol. The van der Waals surface area contributed by atoms with Crippen molar-refractivity contribution in [2.75, 3.05) is 38.0 Å². The molecule has 2 aromatic carbocycles. The average molecular weight is 420 g/mol.